The molecule has 0 aliphatic heterocycles. The van der Waals surface area contributed by atoms with Crippen LogP contribution < -0.4 is 0 Å². The standard InChI is InChI=1S/C12H17NO/c1-4-12(2,3)11(13-14)10-8-6-5-7-9-10/h5-9,14H,4H2,1-3H3/b13-11-. The van der Waals surface area contributed by atoms with E-state index in [0.29, 0.717) is 0 Å². The highest BCUT2D eigenvalue weighted by Gasteiger charge is 2.24. The first-order valence-corrected chi connectivity index (χ1v) is 4.89. The van der Waals surface area contributed by atoms with Crippen molar-refractivity contribution in [3.05, 3.63) is 35.9 Å². The van der Waals surface area contributed by atoms with Gasteiger partial charge in [0.2, 0.25) is 0 Å². The number of oxime groups is 1. The third kappa shape index (κ3) is 2.13. The molecule has 0 fully saturated rings. The van der Waals surface area contributed by atoms with E-state index in [9.17, 15) is 0 Å². The highest BCUT2D eigenvalue weighted by atomic mass is 16.4. The largest absolute Gasteiger partial charge is 0.411 e. The van der Waals surface area contributed by atoms with Crippen molar-refractivity contribution in [2.75, 3.05) is 0 Å². The lowest BCUT2D eigenvalue weighted by Gasteiger charge is -2.23. The zero-order chi connectivity index (χ0) is 10.6. The van der Waals surface area contributed by atoms with E-state index in [1.165, 1.54) is 0 Å². The summed E-state index contributed by atoms with van der Waals surface area (Å²) >= 11 is 0. The Labute approximate surface area is 85.3 Å². The summed E-state index contributed by atoms with van der Waals surface area (Å²) in [4.78, 5) is 0. The summed E-state index contributed by atoms with van der Waals surface area (Å²) in [5, 5.41) is 12.5. The van der Waals surface area contributed by atoms with Crippen molar-refractivity contribution in [3.63, 3.8) is 0 Å². The van der Waals surface area contributed by atoms with Gasteiger partial charge in [-0.1, -0.05) is 56.3 Å². The van der Waals surface area contributed by atoms with Gasteiger partial charge >= 0.3 is 0 Å². The highest BCUT2D eigenvalue weighted by molar-refractivity contribution is 6.03. The molecule has 0 radical (unpaired) electrons. The first kappa shape index (κ1) is 10.8. The molecular weight excluding hydrogens is 174 g/mol. The molecule has 0 saturated heterocycles. The molecule has 1 aromatic rings. The van der Waals surface area contributed by atoms with Crippen LogP contribution in [0.2, 0.25) is 0 Å². The Kier molecular flexibility index (Phi) is 3.28. The Morgan fingerprint density at radius 2 is 1.86 bits per heavy atom. The van der Waals surface area contributed by atoms with Gasteiger partial charge in [-0.3, -0.25) is 0 Å². The van der Waals surface area contributed by atoms with Crippen LogP contribution >= 0.6 is 0 Å². The Bertz CT molecular complexity index is 314. The fourth-order valence-corrected chi connectivity index (χ4v) is 1.35. The van der Waals surface area contributed by atoms with Gasteiger partial charge in [0, 0.05) is 5.41 Å². The van der Waals surface area contributed by atoms with Crippen LogP contribution in [0.15, 0.2) is 35.5 Å². The minimum atomic E-state index is -0.0872. The van der Waals surface area contributed by atoms with Crippen LogP contribution in [0.1, 0.15) is 32.8 Å². The molecule has 76 valence electrons. The van der Waals surface area contributed by atoms with Crippen molar-refractivity contribution in [3.8, 4) is 0 Å². The van der Waals surface area contributed by atoms with Gasteiger partial charge in [-0.2, -0.15) is 0 Å². The van der Waals surface area contributed by atoms with Gasteiger partial charge in [-0.25, -0.2) is 0 Å². The third-order valence-corrected chi connectivity index (χ3v) is 2.67. The average molecular weight is 191 g/mol. The van der Waals surface area contributed by atoms with Crippen molar-refractivity contribution in [1.82, 2.24) is 0 Å². The number of hydrogen-bond donors (Lipinski definition) is 1. The Morgan fingerprint density at radius 1 is 1.29 bits per heavy atom. The Hall–Kier alpha value is -1.31. The third-order valence-electron chi connectivity index (χ3n) is 2.67. The van der Waals surface area contributed by atoms with Gasteiger partial charge in [-0.05, 0) is 12.0 Å². The minimum Gasteiger partial charge on any atom is -0.411 e. The number of rotatable bonds is 3. The van der Waals surface area contributed by atoms with Gasteiger partial charge in [0.25, 0.3) is 0 Å². The molecule has 0 aliphatic rings. The SMILES string of the molecule is CCC(C)(C)/C(=N\O)c1ccccc1. The fraction of sp³-hybridized carbons (Fsp3) is 0.417. The van der Waals surface area contributed by atoms with Crippen LogP contribution in [0.25, 0.3) is 0 Å². The van der Waals surface area contributed by atoms with Crippen LogP contribution in [0.4, 0.5) is 0 Å². The molecule has 14 heavy (non-hydrogen) atoms. The Morgan fingerprint density at radius 3 is 2.29 bits per heavy atom. The molecule has 1 N–H and O–H groups in total. The van der Waals surface area contributed by atoms with Crippen molar-refractivity contribution >= 4 is 5.71 Å². The van der Waals surface area contributed by atoms with E-state index in [2.05, 4.69) is 25.9 Å². The summed E-state index contributed by atoms with van der Waals surface area (Å²) in [6.45, 7) is 6.25. The second-order valence-corrected chi connectivity index (χ2v) is 4.05. The fourth-order valence-electron chi connectivity index (χ4n) is 1.35. The van der Waals surface area contributed by atoms with Gasteiger partial charge in [0.05, 0.1) is 5.71 Å². The zero-order valence-electron chi connectivity index (χ0n) is 8.99. The number of hydrogen-bond acceptors (Lipinski definition) is 2. The molecule has 0 aromatic heterocycles. The summed E-state index contributed by atoms with van der Waals surface area (Å²) in [6, 6.07) is 9.79. The van der Waals surface area contributed by atoms with Gasteiger partial charge in [-0.15, -0.1) is 0 Å². The quantitative estimate of drug-likeness (QED) is 0.444. The van der Waals surface area contributed by atoms with Crippen molar-refractivity contribution < 1.29 is 5.21 Å². The van der Waals surface area contributed by atoms with Crippen LogP contribution in [-0.4, -0.2) is 10.9 Å². The summed E-state index contributed by atoms with van der Waals surface area (Å²) in [5.74, 6) is 0. The summed E-state index contributed by atoms with van der Waals surface area (Å²) in [7, 11) is 0. The van der Waals surface area contributed by atoms with Crippen LogP contribution in [-0.2, 0) is 0 Å². The van der Waals surface area contributed by atoms with Crippen LogP contribution in [0, 0.1) is 5.41 Å². The molecule has 0 bridgehead atoms. The molecule has 2 nitrogen and oxygen atoms in total. The smallest absolute Gasteiger partial charge is 0.0923 e. The summed E-state index contributed by atoms with van der Waals surface area (Å²) < 4.78 is 0. The average Bonchev–Trinajstić information content (AvgIpc) is 2.20. The predicted octanol–water partition coefficient (Wildman–Crippen LogP) is 3.30. The maximum Gasteiger partial charge on any atom is 0.0923 e. The summed E-state index contributed by atoms with van der Waals surface area (Å²) in [6.07, 6.45) is 0.946. The van der Waals surface area contributed by atoms with Gasteiger partial charge in [0.1, 0.15) is 0 Å². The lowest BCUT2D eigenvalue weighted by molar-refractivity contribution is 0.308. The predicted molar refractivity (Wildman–Crippen MR) is 58.8 cm³/mol. The number of nitrogens with zero attached hydrogens (tertiary/aromatic N) is 1. The van der Waals surface area contributed by atoms with Gasteiger partial charge < -0.3 is 5.21 Å². The van der Waals surface area contributed by atoms with Crippen LogP contribution in [0.3, 0.4) is 0 Å². The molecular formula is C12H17NO. The van der Waals surface area contributed by atoms with Crippen molar-refractivity contribution in [2.24, 2.45) is 10.6 Å². The highest BCUT2D eigenvalue weighted by Crippen LogP contribution is 2.26. The molecule has 0 saturated carbocycles. The number of benzene rings is 1. The van der Waals surface area contributed by atoms with Gasteiger partial charge in [0.15, 0.2) is 0 Å². The summed E-state index contributed by atoms with van der Waals surface area (Å²) in [5.41, 5.74) is 1.65. The first-order chi connectivity index (χ1) is 6.61. The molecule has 0 spiro atoms. The Balaban J connectivity index is 3.07. The molecule has 0 aliphatic carbocycles. The van der Waals surface area contributed by atoms with Crippen LogP contribution in [0.5, 0.6) is 0 Å². The second-order valence-electron chi connectivity index (χ2n) is 4.05. The minimum absolute atomic E-state index is 0.0872. The molecule has 1 aromatic carbocycles. The van der Waals surface area contributed by atoms with E-state index in [1.54, 1.807) is 0 Å². The van der Waals surface area contributed by atoms with E-state index in [0.717, 1.165) is 17.7 Å². The monoisotopic (exact) mass is 191 g/mol. The lowest BCUT2D eigenvalue weighted by Crippen LogP contribution is -2.24. The molecule has 0 atom stereocenters. The van der Waals surface area contributed by atoms with E-state index in [1.807, 2.05) is 30.3 Å². The van der Waals surface area contributed by atoms with E-state index < -0.39 is 0 Å². The maximum atomic E-state index is 9.03. The second kappa shape index (κ2) is 4.27. The normalized spacial score (nSPS) is 12.9. The molecule has 1 rings (SSSR count). The lowest BCUT2D eigenvalue weighted by atomic mass is 9.81. The maximum absolute atomic E-state index is 9.03. The molecule has 0 unspecified atom stereocenters. The molecule has 0 heterocycles. The first-order valence-electron chi connectivity index (χ1n) is 4.89. The molecule has 0 amide bonds. The van der Waals surface area contributed by atoms with E-state index in [4.69, 9.17) is 5.21 Å². The zero-order valence-corrected chi connectivity index (χ0v) is 8.99. The topological polar surface area (TPSA) is 32.6 Å². The van der Waals surface area contributed by atoms with E-state index in [-0.39, 0.29) is 5.41 Å². The van der Waals surface area contributed by atoms with Crippen molar-refractivity contribution in [1.29, 1.82) is 0 Å². The van der Waals surface area contributed by atoms with E-state index >= 15 is 0 Å². The molecule has 2 heteroatoms. The van der Waals surface area contributed by atoms with Crippen molar-refractivity contribution in [2.45, 2.75) is 27.2 Å².